The highest BCUT2D eigenvalue weighted by Crippen LogP contribution is 2.24. The zero-order valence-electron chi connectivity index (χ0n) is 24.7. The van der Waals surface area contributed by atoms with Crippen LogP contribution in [0.3, 0.4) is 0 Å². The zero-order valence-corrected chi connectivity index (χ0v) is 25.6. The smallest absolute Gasteiger partial charge is 0.243 e. The van der Waals surface area contributed by atoms with E-state index in [-0.39, 0.29) is 30.8 Å². The molecule has 0 unspecified atom stereocenters. The van der Waals surface area contributed by atoms with Crippen molar-refractivity contribution in [1.82, 2.24) is 10.2 Å². The van der Waals surface area contributed by atoms with Gasteiger partial charge in [-0.15, -0.1) is 0 Å². The van der Waals surface area contributed by atoms with Crippen LogP contribution in [0.4, 0.5) is 5.69 Å². The van der Waals surface area contributed by atoms with Gasteiger partial charge >= 0.3 is 0 Å². The molecule has 1 aliphatic carbocycles. The van der Waals surface area contributed by atoms with E-state index < -0.39 is 16.1 Å². The summed E-state index contributed by atoms with van der Waals surface area (Å²) < 4.78 is 26.8. The lowest BCUT2D eigenvalue weighted by Gasteiger charge is -2.34. The van der Waals surface area contributed by atoms with Crippen molar-refractivity contribution in [1.29, 1.82) is 0 Å². The second-order valence-electron chi connectivity index (χ2n) is 11.3. The predicted octanol–water partition coefficient (Wildman–Crippen LogP) is 5.63. The number of hydrogen-bond donors (Lipinski definition) is 1. The Hall–Kier alpha value is -3.65. The molecule has 1 N–H and O–H groups in total. The molecule has 7 nitrogen and oxygen atoms in total. The molecule has 0 saturated heterocycles. The van der Waals surface area contributed by atoms with E-state index in [1.54, 1.807) is 11.0 Å². The Kier molecular flexibility index (Phi) is 11.2. The van der Waals surface area contributed by atoms with Gasteiger partial charge in [0.25, 0.3) is 0 Å². The molecular formula is C34H43N3O4S. The Bertz CT molecular complexity index is 1410. The maximum absolute atomic E-state index is 14.0. The van der Waals surface area contributed by atoms with Crippen molar-refractivity contribution in [3.63, 3.8) is 0 Å². The molecule has 1 fully saturated rings. The minimum atomic E-state index is -3.55. The number of para-hydroxylation sites is 1. The predicted molar refractivity (Wildman–Crippen MR) is 169 cm³/mol. The van der Waals surface area contributed by atoms with Gasteiger partial charge in [-0.05, 0) is 48.9 Å². The van der Waals surface area contributed by atoms with Crippen LogP contribution >= 0.6 is 0 Å². The standard InChI is InChI=1S/C34H43N3O4S/c1-27-15-12-13-22-31(27)37(42(2,40)41)24-14-23-33(38)36(26-29-18-8-4-9-19-29)32(25-28-16-6-3-7-17-28)34(39)35-30-20-10-5-11-21-30/h3-4,6-9,12-13,15-19,22,30,32H,5,10-11,14,20-21,23-26H2,1-2H3,(H,35,39)/t32-/m1/s1. The highest BCUT2D eigenvalue weighted by atomic mass is 32.2. The highest BCUT2D eigenvalue weighted by Gasteiger charge is 2.32. The summed E-state index contributed by atoms with van der Waals surface area (Å²) in [6.07, 6.45) is 7.32. The molecule has 3 aromatic carbocycles. The number of rotatable bonds is 13. The molecular weight excluding hydrogens is 546 g/mol. The third-order valence-electron chi connectivity index (χ3n) is 7.95. The van der Waals surface area contributed by atoms with Crippen LogP contribution in [0.2, 0.25) is 0 Å². The molecule has 0 heterocycles. The van der Waals surface area contributed by atoms with Crippen molar-refractivity contribution < 1.29 is 18.0 Å². The van der Waals surface area contributed by atoms with E-state index in [1.807, 2.05) is 85.8 Å². The molecule has 0 aliphatic heterocycles. The summed E-state index contributed by atoms with van der Waals surface area (Å²) >= 11 is 0. The summed E-state index contributed by atoms with van der Waals surface area (Å²) in [4.78, 5) is 29.6. The van der Waals surface area contributed by atoms with Crippen LogP contribution in [-0.2, 0) is 32.6 Å². The van der Waals surface area contributed by atoms with Crippen molar-refractivity contribution in [2.75, 3.05) is 17.1 Å². The average molecular weight is 590 g/mol. The molecule has 1 atom stereocenters. The lowest BCUT2D eigenvalue weighted by Crippen LogP contribution is -2.52. The maximum atomic E-state index is 14.0. The Balaban J connectivity index is 1.57. The van der Waals surface area contributed by atoms with Crippen LogP contribution in [0, 0.1) is 6.92 Å². The van der Waals surface area contributed by atoms with E-state index in [9.17, 15) is 18.0 Å². The van der Waals surface area contributed by atoms with Gasteiger partial charge in [0.15, 0.2) is 0 Å². The van der Waals surface area contributed by atoms with Crippen molar-refractivity contribution >= 4 is 27.5 Å². The molecule has 0 radical (unpaired) electrons. The topological polar surface area (TPSA) is 86.8 Å². The summed E-state index contributed by atoms with van der Waals surface area (Å²) in [5, 5.41) is 3.26. The Morgan fingerprint density at radius 1 is 0.857 bits per heavy atom. The molecule has 0 spiro atoms. The molecule has 8 heteroatoms. The molecule has 0 aromatic heterocycles. The number of benzene rings is 3. The SMILES string of the molecule is Cc1ccccc1N(CCCC(=O)N(Cc1ccccc1)[C@H](Cc1ccccc1)C(=O)NC1CCCCC1)S(C)(=O)=O. The summed E-state index contributed by atoms with van der Waals surface area (Å²) in [6.45, 7) is 2.34. The van der Waals surface area contributed by atoms with E-state index >= 15 is 0 Å². The van der Waals surface area contributed by atoms with Gasteiger partial charge in [-0.1, -0.05) is 98.1 Å². The fourth-order valence-corrected chi connectivity index (χ4v) is 6.73. The Labute approximate surface area is 251 Å². The van der Waals surface area contributed by atoms with Gasteiger partial charge in [-0.25, -0.2) is 8.42 Å². The molecule has 224 valence electrons. The molecule has 1 saturated carbocycles. The summed E-state index contributed by atoms with van der Waals surface area (Å²) in [6, 6.07) is 26.3. The van der Waals surface area contributed by atoms with E-state index in [2.05, 4.69) is 5.32 Å². The van der Waals surface area contributed by atoms with Crippen LogP contribution in [0.15, 0.2) is 84.9 Å². The van der Waals surface area contributed by atoms with Crippen molar-refractivity contribution in [2.45, 2.75) is 76.9 Å². The zero-order chi connectivity index (χ0) is 30.0. The number of carbonyl (C=O) groups excluding carboxylic acids is 2. The number of nitrogens with one attached hydrogen (secondary N) is 1. The van der Waals surface area contributed by atoms with E-state index in [4.69, 9.17) is 0 Å². The third kappa shape index (κ3) is 8.92. The number of hydrogen-bond acceptors (Lipinski definition) is 4. The van der Waals surface area contributed by atoms with Crippen LogP contribution in [0.5, 0.6) is 0 Å². The van der Waals surface area contributed by atoms with Crippen molar-refractivity contribution in [2.24, 2.45) is 0 Å². The van der Waals surface area contributed by atoms with Crippen LogP contribution in [-0.4, -0.2) is 50.0 Å². The second kappa shape index (κ2) is 15.0. The fraction of sp³-hybridized carbons (Fsp3) is 0.412. The van der Waals surface area contributed by atoms with Crippen molar-refractivity contribution in [3.05, 3.63) is 102 Å². The third-order valence-corrected chi connectivity index (χ3v) is 9.13. The number of aryl methyl sites for hydroxylation is 1. The summed E-state index contributed by atoms with van der Waals surface area (Å²) in [7, 11) is -3.55. The molecule has 0 bridgehead atoms. The first-order chi connectivity index (χ1) is 20.2. The van der Waals surface area contributed by atoms with Crippen LogP contribution in [0.1, 0.15) is 61.6 Å². The monoisotopic (exact) mass is 589 g/mol. The molecule has 4 rings (SSSR count). The minimum absolute atomic E-state index is 0.118. The Morgan fingerprint density at radius 2 is 1.45 bits per heavy atom. The van der Waals surface area contributed by atoms with Crippen LogP contribution < -0.4 is 9.62 Å². The van der Waals surface area contributed by atoms with E-state index in [0.29, 0.717) is 25.1 Å². The van der Waals surface area contributed by atoms with E-state index in [0.717, 1.165) is 42.4 Å². The Morgan fingerprint density at radius 3 is 2.07 bits per heavy atom. The maximum Gasteiger partial charge on any atom is 0.243 e. The van der Waals surface area contributed by atoms with Crippen LogP contribution in [0.25, 0.3) is 0 Å². The van der Waals surface area contributed by atoms with Gasteiger partial charge in [0.05, 0.1) is 11.9 Å². The highest BCUT2D eigenvalue weighted by molar-refractivity contribution is 7.92. The lowest BCUT2D eigenvalue weighted by molar-refractivity contribution is -0.141. The lowest BCUT2D eigenvalue weighted by atomic mass is 9.94. The normalized spacial score (nSPS) is 14.6. The molecule has 1 aliphatic rings. The first-order valence-corrected chi connectivity index (χ1v) is 16.8. The van der Waals surface area contributed by atoms with Gasteiger partial charge in [-0.3, -0.25) is 13.9 Å². The summed E-state index contributed by atoms with van der Waals surface area (Å²) in [5.41, 5.74) is 3.38. The van der Waals surface area contributed by atoms with Gasteiger partial charge in [0, 0.05) is 32.0 Å². The van der Waals surface area contributed by atoms with Crippen molar-refractivity contribution in [3.8, 4) is 0 Å². The number of carbonyl (C=O) groups is 2. The minimum Gasteiger partial charge on any atom is -0.352 e. The van der Waals surface area contributed by atoms with Gasteiger partial charge in [0.1, 0.15) is 6.04 Å². The van der Waals surface area contributed by atoms with Gasteiger partial charge in [0.2, 0.25) is 21.8 Å². The fourth-order valence-electron chi connectivity index (χ4n) is 5.70. The number of sulfonamides is 1. The van der Waals surface area contributed by atoms with E-state index in [1.165, 1.54) is 17.0 Å². The first-order valence-electron chi connectivity index (χ1n) is 14.9. The summed E-state index contributed by atoms with van der Waals surface area (Å²) in [5.74, 6) is -0.301. The number of anilines is 1. The molecule has 2 amide bonds. The molecule has 3 aromatic rings. The largest absolute Gasteiger partial charge is 0.352 e. The van der Waals surface area contributed by atoms with Gasteiger partial charge in [-0.2, -0.15) is 0 Å². The first kappa shape index (κ1) is 31.3. The number of amides is 2. The average Bonchev–Trinajstić information content (AvgIpc) is 2.98. The number of nitrogens with zero attached hydrogens (tertiary/aromatic N) is 2. The van der Waals surface area contributed by atoms with Gasteiger partial charge < -0.3 is 10.2 Å². The second-order valence-corrected chi connectivity index (χ2v) is 13.2. The quantitative estimate of drug-likeness (QED) is 0.280. The molecule has 42 heavy (non-hydrogen) atoms.